The van der Waals surface area contributed by atoms with Crippen LogP contribution in [0.5, 0.6) is 0 Å². The van der Waals surface area contributed by atoms with Crippen LogP contribution in [0.1, 0.15) is 18.4 Å². The van der Waals surface area contributed by atoms with Gasteiger partial charge in [-0.2, -0.15) is 0 Å². The summed E-state index contributed by atoms with van der Waals surface area (Å²) in [4.78, 5) is 12.1. The van der Waals surface area contributed by atoms with Crippen molar-refractivity contribution < 1.29 is 13.9 Å². The molecule has 1 unspecified atom stereocenters. The van der Waals surface area contributed by atoms with E-state index in [4.69, 9.17) is 22.7 Å². The number of ether oxygens (including phenoxy) is 1. The van der Waals surface area contributed by atoms with Crippen LogP contribution in [0.25, 0.3) is 0 Å². The summed E-state index contributed by atoms with van der Waals surface area (Å²) < 4.78 is 19.0. The molecule has 0 radical (unpaired) electrons. The molecule has 1 atom stereocenters. The van der Waals surface area contributed by atoms with Crippen LogP contribution in [0.4, 0.5) is 10.1 Å². The van der Waals surface area contributed by atoms with E-state index in [-0.39, 0.29) is 22.5 Å². The van der Waals surface area contributed by atoms with Crippen LogP contribution in [-0.4, -0.2) is 24.1 Å². The molecule has 1 aromatic rings. The second kappa shape index (κ2) is 6.08. The van der Waals surface area contributed by atoms with Crippen LogP contribution in [0.3, 0.4) is 0 Å². The van der Waals surface area contributed by atoms with Crippen molar-refractivity contribution in [2.24, 2.45) is 11.7 Å². The molecule has 2 rings (SSSR count). The van der Waals surface area contributed by atoms with Gasteiger partial charge in [-0.3, -0.25) is 4.79 Å². The molecule has 6 heteroatoms. The summed E-state index contributed by atoms with van der Waals surface area (Å²) in [5, 5.41) is 2.57. The predicted octanol–water partition coefficient (Wildman–Crippen LogP) is 1.83. The minimum absolute atomic E-state index is 0.123. The summed E-state index contributed by atoms with van der Waals surface area (Å²) in [5.74, 6) is -0.986. The summed E-state index contributed by atoms with van der Waals surface area (Å²) >= 11 is 4.76. The normalized spacial score (nSPS) is 18.9. The number of hydrogen-bond donors (Lipinski definition) is 2. The van der Waals surface area contributed by atoms with Gasteiger partial charge in [0.2, 0.25) is 5.91 Å². The summed E-state index contributed by atoms with van der Waals surface area (Å²) in [7, 11) is 0. The lowest BCUT2D eigenvalue weighted by Gasteiger charge is -2.21. The Morgan fingerprint density at radius 2 is 2.32 bits per heavy atom. The Bertz CT molecular complexity index is 501. The Hall–Kier alpha value is -1.53. The van der Waals surface area contributed by atoms with Crippen LogP contribution in [0.15, 0.2) is 18.2 Å². The Morgan fingerprint density at radius 1 is 1.53 bits per heavy atom. The van der Waals surface area contributed by atoms with Gasteiger partial charge in [-0.25, -0.2) is 4.39 Å². The zero-order chi connectivity index (χ0) is 13.8. The minimum Gasteiger partial charge on any atom is -0.389 e. The number of nitrogens with two attached hydrogens (primary N) is 1. The first-order valence-corrected chi connectivity index (χ1v) is 6.46. The molecule has 1 amide bonds. The minimum atomic E-state index is -0.546. The summed E-state index contributed by atoms with van der Waals surface area (Å²) in [6, 6.07) is 4.26. The number of carbonyl (C=O) groups excluding carboxylic acids is 1. The van der Waals surface area contributed by atoms with Crippen molar-refractivity contribution in [3.63, 3.8) is 0 Å². The second-order valence-electron chi connectivity index (χ2n) is 4.46. The van der Waals surface area contributed by atoms with Gasteiger partial charge in [0.05, 0.1) is 18.2 Å². The highest BCUT2D eigenvalue weighted by atomic mass is 32.1. The van der Waals surface area contributed by atoms with Crippen molar-refractivity contribution in [3.05, 3.63) is 29.6 Å². The molecule has 0 saturated carbocycles. The Morgan fingerprint density at radius 3 is 2.89 bits per heavy atom. The van der Waals surface area contributed by atoms with Gasteiger partial charge >= 0.3 is 0 Å². The largest absolute Gasteiger partial charge is 0.389 e. The van der Waals surface area contributed by atoms with Gasteiger partial charge in [-0.05, 0) is 31.0 Å². The first kappa shape index (κ1) is 13.9. The Labute approximate surface area is 116 Å². The van der Waals surface area contributed by atoms with Gasteiger partial charge in [-0.15, -0.1) is 0 Å². The maximum absolute atomic E-state index is 13.8. The number of benzene rings is 1. The number of carbonyl (C=O) groups is 1. The van der Waals surface area contributed by atoms with E-state index in [1.165, 1.54) is 12.1 Å². The molecule has 0 aromatic heterocycles. The van der Waals surface area contributed by atoms with E-state index in [0.29, 0.717) is 18.8 Å². The Balaban J connectivity index is 2.06. The molecule has 1 aliphatic heterocycles. The van der Waals surface area contributed by atoms with Crippen LogP contribution in [-0.2, 0) is 9.53 Å². The lowest BCUT2D eigenvalue weighted by molar-refractivity contribution is -0.123. The van der Waals surface area contributed by atoms with Gasteiger partial charge in [0.1, 0.15) is 10.8 Å². The quantitative estimate of drug-likeness (QED) is 0.830. The van der Waals surface area contributed by atoms with Crippen molar-refractivity contribution in [2.45, 2.75) is 12.8 Å². The fourth-order valence-electron chi connectivity index (χ4n) is 1.95. The van der Waals surface area contributed by atoms with Gasteiger partial charge in [0.15, 0.2) is 0 Å². The fraction of sp³-hybridized carbons (Fsp3) is 0.385. The SMILES string of the molecule is NC(=S)c1ccc(NC(=O)C2CCCOC2)c(F)c1. The highest BCUT2D eigenvalue weighted by molar-refractivity contribution is 7.80. The van der Waals surface area contributed by atoms with E-state index in [9.17, 15) is 9.18 Å². The molecule has 102 valence electrons. The number of rotatable bonds is 3. The third-order valence-electron chi connectivity index (χ3n) is 3.04. The summed E-state index contributed by atoms with van der Waals surface area (Å²) in [6.45, 7) is 1.07. The van der Waals surface area contributed by atoms with Crippen molar-refractivity contribution >= 4 is 28.8 Å². The highest BCUT2D eigenvalue weighted by Crippen LogP contribution is 2.19. The summed E-state index contributed by atoms with van der Waals surface area (Å²) in [6.07, 6.45) is 1.61. The smallest absolute Gasteiger partial charge is 0.229 e. The van der Waals surface area contributed by atoms with Gasteiger partial charge in [-0.1, -0.05) is 12.2 Å². The third kappa shape index (κ3) is 3.48. The molecule has 3 N–H and O–H groups in total. The highest BCUT2D eigenvalue weighted by Gasteiger charge is 2.22. The lowest BCUT2D eigenvalue weighted by Crippen LogP contribution is -2.30. The molecule has 0 spiro atoms. The molecule has 1 saturated heterocycles. The molecule has 1 fully saturated rings. The lowest BCUT2D eigenvalue weighted by atomic mass is 10.0. The number of anilines is 1. The van der Waals surface area contributed by atoms with E-state index >= 15 is 0 Å². The van der Waals surface area contributed by atoms with E-state index in [1.807, 2.05) is 0 Å². The average molecular weight is 282 g/mol. The van der Waals surface area contributed by atoms with E-state index < -0.39 is 5.82 Å². The number of thiocarbonyl (C=S) groups is 1. The second-order valence-corrected chi connectivity index (χ2v) is 4.90. The molecule has 1 heterocycles. The summed E-state index contributed by atoms with van der Waals surface area (Å²) in [5.41, 5.74) is 5.98. The molecule has 0 aliphatic carbocycles. The van der Waals surface area contributed by atoms with Crippen molar-refractivity contribution in [1.29, 1.82) is 0 Å². The molecule has 19 heavy (non-hydrogen) atoms. The van der Waals surface area contributed by atoms with Crippen LogP contribution in [0.2, 0.25) is 0 Å². The van der Waals surface area contributed by atoms with E-state index in [1.54, 1.807) is 6.07 Å². The maximum Gasteiger partial charge on any atom is 0.229 e. The third-order valence-corrected chi connectivity index (χ3v) is 3.28. The zero-order valence-electron chi connectivity index (χ0n) is 10.3. The maximum atomic E-state index is 13.8. The van der Waals surface area contributed by atoms with Crippen molar-refractivity contribution in [3.8, 4) is 0 Å². The first-order valence-electron chi connectivity index (χ1n) is 6.06. The van der Waals surface area contributed by atoms with Crippen LogP contribution >= 0.6 is 12.2 Å². The number of amides is 1. The molecular weight excluding hydrogens is 267 g/mol. The number of nitrogens with one attached hydrogen (secondary N) is 1. The topological polar surface area (TPSA) is 64.3 Å². The van der Waals surface area contributed by atoms with Crippen LogP contribution < -0.4 is 11.1 Å². The van der Waals surface area contributed by atoms with Gasteiger partial charge in [0, 0.05) is 12.2 Å². The molecule has 0 bridgehead atoms. The number of halogens is 1. The molecule has 1 aromatic carbocycles. The van der Waals surface area contributed by atoms with Crippen molar-refractivity contribution in [2.75, 3.05) is 18.5 Å². The molecule has 4 nitrogen and oxygen atoms in total. The average Bonchev–Trinajstić information content (AvgIpc) is 2.41. The van der Waals surface area contributed by atoms with Gasteiger partial charge < -0.3 is 15.8 Å². The van der Waals surface area contributed by atoms with E-state index in [2.05, 4.69) is 5.32 Å². The first-order chi connectivity index (χ1) is 9.08. The zero-order valence-corrected chi connectivity index (χ0v) is 11.1. The standard InChI is InChI=1S/C13H15FN2O2S/c14-10-6-8(12(15)19)3-4-11(10)16-13(17)9-2-1-5-18-7-9/h3-4,6,9H,1-2,5,7H2,(H2,15,19)(H,16,17). The van der Waals surface area contributed by atoms with E-state index in [0.717, 1.165) is 12.8 Å². The molecular formula is C13H15FN2O2S. The molecule has 1 aliphatic rings. The van der Waals surface area contributed by atoms with Crippen LogP contribution in [0, 0.1) is 11.7 Å². The monoisotopic (exact) mass is 282 g/mol. The fourth-order valence-corrected chi connectivity index (χ4v) is 2.08. The number of hydrogen-bond acceptors (Lipinski definition) is 3. The van der Waals surface area contributed by atoms with Gasteiger partial charge in [0.25, 0.3) is 0 Å². The van der Waals surface area contributed by atoms with Crippen molar-refractivity contribution in [1.82, 2.24) is 0 Å². The predicted molar refractivity (Wildman–Crippen MR) is 74.5 cm³/mol. The Kier molecular flexibility index (Phi) is 4.44.